The second-order valence-corrected chi connectivity index (χ2v) is 7.18. The molecule has 1 aromatic heterocycles. The van der Waals surface area contributed by atoms with E-state index in [1.165, 1.54) is 6.07 Å². The van der Waals surface area contributed by atoms with Gasteiger partial charge in [0.1, 0.15) is 0 Å². The molecule has 1 unspecified atom stereocenters. The summed E-state index contributed by atoms with van der Waals surface area (Å²) in [6.07, 6.45) is -4.38. The third-order valence-corrected chi connectivity index (χ3v) is 3.81. The van der Waals surface area contributed by atoms with Gasteiger partial charge in [0.05, 0.1) is 18.2 Å². The van der Waals surface area contributed by atoms with E-state index in [2.05, 4.69) is 25.8 Å². The lowest BCUT2D eigenvalue weighted by atomic mass is 9.97. The Bertz CT molecular complexity index is 799. The average molecular weight is 511 g/mol. The van der Waals surface area contributed by atoms with Crippen LogP contribution in [-0.2, 0) is 18.1 Å². The zero-order chi connectivity index (χ0) is 20.2. The van der Waals surface area contributed by atoms with Gasteiger partial charge in [0, 0.05) is 12.5 Å². The number of hydrogen-bond donors (Lipinski definition) is 2. The number of hydrogen-bond acceptors (Lipinski definition) is 4. The van der Waals surface area contributed by atoms with E-state index >= 15 is 0 Å². The van der Waals surface area contributed by atoms with Crippen molar-refractivity contribution >= 4 is 29.9 Å². The Morgan fingerprint density at radius 1 is 1.25 bits per heavy atom. The number of alkyl halides is 3. The van der Waals surface area contributed by atoms with Gasteiger partial charge in [0.25, 0.3) is 0 Å². The van der Waals surface area contributed by atoms with Crippen LogP contribution in [0.15, 0.2) is 33.8 Å². The largest absolute Gasteiger partial charge is 0.416 e. The van der Waals surface area contributed by atoms with Crippen LogP contribution in [0.4, 0.5) is 13.2 Å². The molecule has 156 valence electrons. The monoisotopic (exact) mass is 511 g/mol. The number of guanidine groups is 1. The van der Waals surface area contributed by atoms with E-state index in [0.29, 0.717) is 23.2 Å². The third kappa shape index (κ3) is 6.64. The molecule has 0 aliphatic heterocycles. The second-order valence-electron chi connectivity index (χ2n) is 7.18. The lowest BCUT2D eigenvalue weighted by molar-refractivity contribution is -0.137. The van der Waals surface area contributed by atoms with E-state index in [0.717, 1.165) is 12.1 Å². The molecule has 1 atom stereocenters. The molecule has 1 heterocycles. The fourth-order valence-corrected chi connectivity index (χ4v) is 2.26. The van der Waals surface area contributed by atoms with Crippen LogP contribution in [0.3, 0.4) is 0 Å². The van der Waals surface area contributed by atoms with Crippen LogP contribution in [0.25, 0.3) is 0 Å². The molecule has 2 aromatic rings. The highest BCUT2D eigenvalue weighted by molar-refractivity contribution is 14.0. The van der Waals surface area contributed by atoms with Crippen molar-refractivity contribution in [2.24, 2.45) is 4.99 Å². The molecule has 0 saturated heterocycles. The van der Waals surface area contributed by atoms with E-state index in [1.807, 2.05) is 20.8 Å². The summed E-state index contributed by atoms with van der Waals surface area (Å²) in [5, 5.41) is 9.99. The Morgan fingerprint density at radius 3 is 2.46 bits per heavy atom. The zero-order valence-electron chi connectivity index (χ0n) is 16.4. The Labute approximate surface area is 179 Å². The molecule has 2 N–H and O–H groups in total. The first kappa shape index (κ1) is 24.2. The highest BCUT2D eigenvalue weighted by Crippen LogP contribution is 2.30. The van der Waals surface area contributed by atoms with Crippen molar-refractivity contribution < 1.29 is 17.7 Å². The Kier molecular flexibility index (Phi) is 8.27. The van der Waals surface area contributed by atoms with Crippen LogP contribution in [0, 0.1) is 0 Å². The number of nitrogens with one attached hydrogen (secondary N) is 2. The van der Waals surface area contributed by atoms with Gasteiger partial charge in [-0.25, -0.2) is 0 Å². The number of aliphatic imine (C=N–C) groups is 1. The summed E-state index contributed by atoms with van der Waals surface area (Å²) < 4.78 is 43.8. The Morgan fingerprint density at radius 2 is 1.93 bits per heavy atom. The molecule has 2 rings (SSSR count). The number of benzene rings is 1. The maximum atomic E-state index is 12.9. The summed E-state index contributed by atoms with van der Waals surface area (Å²) in [5.41, 5.74) is -0.427. The molecular weight excluding hydrogens is 486 g/mol. The van der Waals surface area contributed by atoms with Gasteiger partial charge in [-0.05, 0) is 24.6 Å². The number of rotatable bonds is 4. The van der Waals surface area contributed by atoms with Gasteiger partial charge in [0.15, 0.2) is 11.8 Å². The smallest absolute Gasteiger partial charge is 0.350 e. The van der Waals surface area contributed by atoms with Crippen molar-refractivity contribution in [3.63, 3.8) is 0 Å². The molecule has 10 heteroatoms. The quantitative estimate of drug-likeness (QED) is 0.361. The second kappa shape index (κ2) is 9.57. The van der Waals surface area contributed by atoms with Crippen molar-refractivity contribution in [2.45, 2.75) is 51.9 Å². The van der Waals surface area contributed by atoms with Gasteiger partial charge in [-0.1, -0.05) is 38.1 Å². The first-order valence-corrected chi connectivity index (χ1v) is 8.48. The minimum atomic E-state index is -4.38. The van der Waals surface area contributed by atoms with Gasteiger partial charge in [-0.2, -0.15) is 18.2 Å². The molecule has 6 nitrogen and oxygen atoms in total. The molecule has 0 bridgehead atoms. The van der Waals surface area contributed by atoms with Crippen molar-refractivity contribution in [1.29, 1.82) is 0 Å². The lowest BCUT2D eigenvalue weighted by Crippen LogP contribution is -2.38. The van der Waals surface area contributed by atoms with Crippen LogP contribution >= 0.6 is 24.0 Å². The summed E-state index contributed by atoms with van der Waals surface area (Å²) in [6, 6.07) is 4.81. The third-order valence-electron chi connectivity index (χ3n) is 3.81. The molecule has 0 amide bonds. The normalized spacial score (nSPS) is 13.6. The molecule has 0 aliphatic rings. The maximum absolute atomic E-state index is 12.9. The minimum absolute atomic E-state index is 0. The molecule has 0 fully saturated rings. The molecular formula is C18H25F3IN5O. The van der Waals surface area contributed by atoms with Crippen LogP contribution in [0.1, 0.15) is 56.6 Å². The van der Waals surface area contributed by atoms with E-state index in [1.54, 1.807) is 20.0 Å². The summed E-state index contributed by atoms with van der Waals surface area (Å²) in [6.45, 7) is 7.93. The van der Waals surface area contributed by atoms with Crippen LogP contribution < -0.4 is 10.6 Å². The van der Waals surface area contributed by atoms with Crippen molar-refractivity contribution in [1.82, 2.24) is 20.8 Å². The summed E-state index contributed by atoms with van der Waals surface area (Å²) >= 11 is 0. The summed E-state index contributed by atoms with van der Waals surface area (Å²) in [4.78, 5) is 8.40. The Balaban J connectivity index is 0.00000392. The van der Waals surface area contributed by atoms with Crippen molar-refractivity contribution in [3.05, 3.63) is 47.1 Å². The molecule has 1 aromatic carbocycles. The molecule has 0 aliphatic carbocycles. The summed E-state index contributed by atoms with van der Waals surface area (Å²) in [5.74, 6) is 1.41. The molecule has 0 radical (unpaired) electrons. The number of aromatic nitrogens is 2. The highest BCUT2D eigenvalue weighted by atomic mass is 127. The number of nitrogens with zero attached hydrogens (tertiary/aromatic N) is 3. The van der Waals surface area contributed by atoms with E-state index in [4.69, 9.17) is 4.52 Å². The van der Waals surface area contributed by atoms with E-state index in [-0.39, 0.29) is 42.0 Å². The topological polar surface area (TPSA) is 75.3 Å². The van der Waals surface area contributed by atoms with Gasteiger partial charge in [0.2, 0.25) is 5.89 Å². The first-order chi connectivity index (χ1) is 12.5. The van der Waals surface area contributed by atoms with Gasteiger partial charge in [-0.3, -0.25) is 4.99 Å². The standard InChI is InChI=1S/C18H24F3N5O.HI/c1-11(12-7-6-8-13(9-12)18(19,20)21)24-16(22-5)23-10-14-25-15(27-26-14)17(2,3)4;/h6-9,11H,10H2,1-5H3,(H2,22,23,24);1H. The first-order valence-electron chi connectivity index (χ1n) is 8.48. The van der Waals surface area contributed by atoms with E-state index in [9.17, 15) is 13.2 Å². The molecule has 0 saturated carbocycles. The SMILES string of the molecule is CN=C(NCc1noc(C(C)(C)C)n1)NC(C)c1cccc(C(F)(F)F)c1.I. The molecule has 28 heavy (non-hydrogen) atoms. The average Bonchev–Trinajstić information content (AvgIpc) is 3.07. The fourth-order valence-electron chi connectivity index (χ4n) is 2.26. The lowest BCUT2D eigenvalue weighted by Gasteiger charge is -2.19. The van der Waals surface area contributed by atoms with Crippen LogP contribution in [0.2, 0.25) is 0 Å². The van der Waals surface area contributed by atoms with Crippen LogP contribution in [-0.4, -0.2) is 23.1 Å². The van der Waals surface area contributed by atoms with Crippen molar-refractivity contribution in [3.8, 4) is 0 Å². The maximum Gasteiger partial charge on any atom is 0.416 e. The zero-order valence-corrected chi connectivity index (χ0v) is 18.7. The predicted molar refractivity (Wildman–Crippen MR) is 112 cm³/mol. The van der Waals surface area contributed by atoms with Gasteiger partial charge < -0.3 is 15.2 Å². The van der Waals surface area contributed by atoms with Gasteiger partial charge in [-0.15, -0.1) is 24.0 Å². The van der Waals surface area contributed by atoms with E-state index < -0.39 is 11.7 Å². The highest BCUT2D eigenvalue weighted by Gasteiger charge is 2.30. The molecule has 0 spiro atoms. The minimum Gasteiger partial charge on any atom is -0.350 e. The van der Waals surface area contributed by atoms with Crippen molar-refractivity contribution in [2.75, 3.05) is 7.05 Å². The Hall–Kier alpha value is -1.85. The van der Waals surface area contributed by atoms with Gasteiger partial charge >= 0.3 is 6.18 Å². The predicted octanol–water partition coefficient (Wildman–Crippen LogP) is 4.43. The van der Waals surface area contributed by atoms with Crippen LogP contribution in [0.5, 0.6) is 0 Å². The summed E-state index contributed by atoms with van der Waals surface area (Å²) in [7, 11) is 1.57. The number of halogens is 4. The fraction of sp³-hybridized carbons (Fsp3) is 0.500.